The molecule has 1 saturated carbocycles. The smallest absolute Gasteiger partial charge is 0.153 e. The number of benzene rings is 1. The van der Waals surface area contributed by atoms with E-state index in [1.165, 1.54) is 24.1 Å². The highest BCUT2D eigenvalue weighted by molar-refractivity contribution is 5.67. The van der Waals surface area contributed by atoms with Crippen molar-refractivity contribution in [2.24, 2.45) is 5.41 Å². The summed E-state index contributed by atoms with van der Waals surface area (Å²) in [5.41, 5.74) is 6.84. The van der Waals surface area contributed by atoms with Crippen molar-refractivity contribution >= 4 is 11.3 Å². The SMILES string of the molecule is C=C(c1ccc(-c2ccc3nccn3n2)cc1)N1CCN(C(=C)C2(C)CC2)CC1. The Bertz CT molecular complexity index is 1070. The van der Waals surface area contributed by atoms with E-state index in [0.29, 0.717) is 5.41 Å². The molecule has 2 aromatic heterocycles. The highest BCUT2D eigenvalue weighted by Crippen LogP contribution is 2.51. The minimum absolute atomic E-state index is 0.364. The number of allylic oxidation sites excluding steroid dienone is 1. The fourth-order valence-corrected chi connectivity index (χ4v) is 4.09. The molecule has 0 N–H and O–H groups in total. The van der Waals surface area contributed by atoms with Crippen molar-refractivity contribution in [3.8, 4) is 11.3 Å². The molecule has 148 valence electrons. The molecule has 5 nitrogen and oxygen atoms in total. The van der Waals surface area contributed by atoms with Gasteiger partial charge in [0.1, 0.15) is 0 Å². The molecule has 0 atom stereocenters. The number of hydrogen-bond donors (Lipinski definition) is 0. The van der Waals surface area contributed by atoms with Crippen molar-refractivity contribution in [1.29, 1.82) is 0 Å². The Kier molecular flexibility index (Phi) is 4.19. The molecule has 5 heteroatoms. The zero-order chi connectivity index (χ0) is 20.0. The molecule has 0 bridgehead atoms. The third-order valence-corrected chi connectivity index (χ3v) is 6.51. The molecule has 2 aliphatic rings. The summed E-state index contributed by atoms with van der Waals surface area (Å²) in [6, 6.07) is 12.5. The van der Waals surface area contributed by atoms with E-state index in [9.17, 15) is 0 Å². The minimum atomic E-state index is 0.364. The molecule has 0 radical (unpaired) electrons. The van der Waals surface area contributed by atoms with Gasteiger partial charge in [0, 0.05) is 60.9 Å². The fraction of sp³-hybridized carbons (Fsp3) is 0.333. The van der Waals surface area contributed by atoms with Crippen LogP contribution in [0.5, 0.6) is 0 Å². The molecular weight excluding hydrogens is 358 g/mol. The first-order valence-corrected chi connectivity index (χ1v) is 10.3. The van der Waals surface area contributed by atoms with Gasteiger partial charge in [0.25, 0.3) is 0 Å². The maximum atomic E-state index is 4.63. The highest BCUT2D eigenvalue weighted by Gasteiger charge is 2.42. The summed E-state index contributed by atoms with van der Waals surface area (Å²) < 4.78 is 1.80. The largest absolute Gasteiger partial charge is 0.371 e. The van der Waals surface area contributed by atoms with Crippen molar-refractivity contribution in [1.82, 2.24) is 24.4 Å². The Balaban J connectivity index is 1.25. The van der Waals surface area contributed by atoms with E-state index in [1.807, 2.05) is 18.3 Å². The van der Waals surface area contributed by atoms with Crippen molar-refractivity contribution in [2.45, 2.75) is 19.8 Å². The fourth-order valence-electron chi connectivity index (χ4n) is 4.09. The van der Waals surface area contributed by atoms with Crippen LogP contribution in [-0.4, -0.2) is 50.6 Å². The second kappa shape index (κ2) is 6.76. The van der Waals surface area contributed by atoms with Crippen molar-refractivity contribution in [3.63, 3.8) is 0 Å². The van der Waals surface area contributed by atoms with Crippen LogP contribution in [0.4, 0.5) is 0 Å². The number of nitrogens with zero attached hydrogens (tertiary/aromatic N) is 5. The first-order chi connectivity index (χ1) is 14.0. The van der Waals surface area contributed by atoms with Gasteiger partial charge in [-0.05, 0) is 30.5 Å². The molecule has 29 heavy (non-hydrogen) atoms. The third kappa shape index (κ3) is 3.31. The summed E-state index contributed by atoms with van der Waals surface area (Å²) in [5, 5.41) is 4.63. The van der Waals surface area contributed by atoms with E-state index in [1.54, 1.807) is 10.7 Å². The molecule has 0 unspecified atom stereocenters. The predicted molar refractivity (Wildman–Crippen MR) is 117 cm³/mol. The first kappa shape index (κ1) is 18.0. The van der Waals surface area contributed by atoms with Gasteiger partial charge in [0.05, 0.1) is 5.69 Å². The van der Waals surface area contributed by atoms with Crippen LogP contribution < -0.4 is 0 Å². The number of piperazine rings is 1. The lowest BCUT2D eigenvalue weighted by Gasteiger charge is -2.40. The van der Waals surface area contributed by atoms with Crippen LogP contribution in [0.3, 0.4) is 0 Å². The normalized spacial score (nSPS) is 18.1. The van der Waals surface area contributed by atoms with Gasteiger partial charge in [0.2, 0.25) is 0 Å². The van der Waals surface area contributed by atoms with Crippen LogP contribution in [0.1, 0.15) is 25.3 Å². The lowest BCUT2D eigenvalue weighted by Crippen LogP contribution is -2.45. The van der Waals surface area contributed by atoms with E-state index in [-0.39, 0.29) is 0 Å². The monoisotopic (exact) mass is 385 g/mol. The van der Waals surface area contributed by atoms with Gasteiger partial charge < -0.3 is 9.80 Å². The number of imidazole rings is 1. The van der Waals surface area contributed by atoms with Crippen LogP contribution >= 0.6 is 0 Å². The number of fused-ring (bicyclic) bond motifs is 1. The molecule has 1 aliphatic heterocycles. The van der Waals surface area contributed by atoms with Gasteiger partial charge in [-0.2, -0.15) is 5.10 Å². The average Bonchev–Trinajstić information content (AvgIpc) is 3.34. The molecule has 3 aromatic rings. The predicted octanol–water partition coefficient (Wildman–Crippen LogP) is 4.30. The van der Waals surface area contributed by atoms with E-state index in [4.69, 9.17) is 0 Å². The zero-order valence-corrected chi connectivity index (χ0v) is 17.0. The quantitative estimate of drug-likeness (QED) is 0.656. The summed E-state index contributed by atoms with van der Waals surface area (Å²) >= 11 is 0. The standard InChI is InChI=1S/C24H27N5/c1-18(27-14-16-28(17-15-27)19(2)24(3)10-11-24)20-4-6-21(7-5-20)22-8-9-23-25-12-13-29(23)26-22/h4-9,12-13H,1-2,10-11,14-17H2,3H3. The molecule has 2 fully saturated rings. The minimum Gasteiger partial charge on any atom is -0.371 e. The second-order valence-electron chi connectivity index (χ2n) is 8.45. The lowest BCUT2D eigenvalue weighted by molar-refractivity contribution is 0.196. The van der Waals surface area contributed by atoms with Gasteiger partial charge in [-0.3, -0.25) is 0 Å². The van der Waals surface area contributed by atoms with E-state index >= 15 is 0 Å². The van der Waals surface area contributed by atoms with E-state index in [2.05, 4.69) is 64.2 Å². The molecule has 5 rings (SSSR count). The number of rotatable bonds is 5. The Morgan fingerprint density at radius 2 is 1.62 bits per heavy atom. The van der Waals surface area contributed by atoms with Crippen LogP contribution in [0.15, 0.2) is 67.6 Å². The summed E-state index contributed by atoms with van der Waals surface area (Å²) in [5.74, 6) is 0. The van der Waals surface area contributed by atoms with Gasteiger partial charge in [-0.15, -0.1) is 0 Å². The van der Waals surface area contributed by atoms with Crippen LogP contribution in [0.25, 0.3) is 22.6 Å². The summed E-state index contributed by atoms with van der Waals surface area (Å²) in [6.07, 6.45) is 6.20. The Morgan fingerprint density at radius 1 is 0.931 bits per heavy atom. The van der Waals surface area contributed by atoms with Crippen molar-refractivity contribution in [2.75, 3.05) is 26.2 Å². The Hall–Kier alpha value is -3.08. The number of aromatic nitrogens is 3. The Labute approximate surface area is 172 Å². The summed E-state index contributed by atoms with van der Waals surface area (Å²) in [6.45, 7) is 15.1. The maximum absolute atomic E-state index is 4.63. The zero-order valence-electron chi connectivity index (χ0n) is 17.0. The molecule has 1 aliphatic carbocycles. The first-order valence-electron chi connectivity index (χ1n) is 10.3. The van der Waals surface area contributed by atoms with E-state index in [0.717, 1.165) is 48.8 Å². The van der Waals surface area contributed by atoms with E-state index < -0.39 is 0 Å². The maximum Gasteiger partial charge on any atom is 0.153 e. The van der Waals surface area contributed by atoms with Crippen LogP contribution in [0.2, 0.25) is 0 Å². The van der Waals surface area contributed by atoms with Gasteiger partial charge in [-0.25, -0.2) is 9.50 Å². The third-order valence-electron chi connectivity index (χ3n) is 6.51. The second-order valence-corrected chi connectivity index (χ2v) is 8.45. The highest BCUT2D eigenvalue weighted by atomic mass is 15.3. The van der Waals surface area contributed by atoms with Crippen molar-refractivity contribution in [3.05, 3.63) is 73.2 Å². The molecule has 1 saturated heterocycles. The topological polar surface area (TPSA) is 36.7 Å². The molecular formula is C24H27N5. The summed E-state index contributed by atoms with van der Waals surface area (Å²) in [4.78, 5) is 9.11. The van der Waals surface area contributed by atoms with Gasteiger partial charge in [0.15, 0.2) is 5.65 Å². The molecule has 3 heterocycles. The summed E-state index contributed by atoms with van der Waals surface area (Å²) in [7, 11) is 0. The Morgan fingerprint density at radius 3 is 2.31 bits per heavy atom. The molecule has 0 spiro atoms. The molecule has 0 amide bonds. The van der Waals surface area contributed by atoms with Crippen LogP contribution in [0, 0.1) is 5.41 Å². The lowest BCUT2D eigenvalue weighted by atomic mass is 10.0. The van der Waals surface area contributed by atoms with Gasteiger partial charge >= 0.3 is 0 Å². The average molecular weight is 386 g/mol. The van der Waals surface area contributed by atoms with Crippen molar-refractivity contribution < 1.29 is 0 Å². The number of hydrogen-bond acceptors (Lipinski definition) is 4. The van der Waals surface area contributed by atoms with Gasteiger partial charge in [-0.1, -0.05) is 44.3 Å². The van der Waals surface area contributed by atoms with Crippen LogP contribution in [-0.2, 0) is 0 Å². The molecule has 1 aromatic carbocycles.